The third kappa shape index (κ3) is 5.70. The van der Waals surface area contributed by atoms with Crippen LogP contribution in [0.25, 0.3) is 0 Å². The van der Waals surface area contributed by atoms with Crippen molar-refractivity contribution in [3.63, 3.8) is 0 Å². The molecule has 0 saturated heterocycles. The number of oxazole rings is 1. The number of amides is 1. The van der Waals surface area contributed by atoms with Crippen LogP contribution in [0.2, 0.25) is 0 Å². The predicted octanol–water partition coefficient (Wildman–Crippen LogP) is 4.10. The van der Waals surface area contributed by atoms with Crippen LogP contribution in [0.3, 0.4) is 0 Å². The molecule has 0 aliphatic heterocycles. The van der Waals surface area contributed by atoms with Crippen molar-refractivity contribution < 1.29 is 13.9 Å². The highest BCUT2D eigenvalue weighted by Crippen LogP contribution is 2.30. The molecule has 0 radical (unpaired) electrons. The van der Waals surface area contributed by atoms with Gasteiger partial charge in [-0.25, -0.2) is 9.97 Å². The molecule has 25 heavy (non-hydrogen) atoms. The molecule has 8 heteroatoms. The van der Waals surface area contributed by atoms with Crippen LogP contribution < -0.4 is 5.32 Å². The van der Waals surface area contributed by atoms with Gasteiger partial charge in [0.1, 0.15) is 12.4 Å². The van der Waals surface area contributed by atoms with Gasteiger partial charge in [-0.2, -0.15) is 0 Å². The van der Waals surface area contributed by atoms with E-state index >= 15 is 0 Å². The van der Waals surface area contributed by atoms with E-state index in [1.165, 1.54) is 18.3 Å². The maximum Gasteiger partial charge on any atom is 0.223 e. The van der Waals surface area contributed by atoms with Gasteiger partial charge < -0.3 is 14.5 Å². The molecule has 130 valence electrons. The fraction of sp³-hybridized carbons (Fsp3) is 0.235. The normalized spacial score (nSPS) is 10.8. The zero-order valence-electron chi connectivity index (χ0n) is 13.6. The van der Waals surface area contributed by atoms with Crippen molar-refractivity contribution in [1.82, 2.24) is 9.97 Å². The molecule has 0 saturated carbocycles. The van der Waals surface area contributed by atoms with E-state index in [0.29, 0.717) is 35.7 Å². The van der Waals surface area contributed by atoms with Crippen LogP contribution in [0.4, 0.5) is 5.13 Å². The van der Waals surface area contributed by atoms with Gasteiger partial charge in [-0.1, -0.05) is 41.7 Å². The molecule has 0 aliphatic carbocycles. The van der Waals surface area contributed by atoms with Gasteiger partial charge in [0, 0.05) is 6.92 Å². The Bertz CT molecular complexity index is 817. The van der Waals surface area contributed by atoms with Gasteiger partial charge in [-0.3, -0.25) is 4.79 Å². The van der Waals surface area contributed by atoms with Crippen LogP contribution in [0.15, 0.2) is 51.4 Å². The molecule has 0 aliphatic rings. The van der Waals surface area contributed by atoms with E-state index in [9.17, 15) is 4.79 Å². The number of aromatic nitrogens is 2. The minimum atomic E-state index is -0.126. The zero-order valence-corrected chi connectivity index (χ0v) is 15.2. The Kier molecular flexibility index (Phi) is 6.21. The summed E-state index contributed by atoms with van der Waals surface area (Å²) in [6, 6.07) is 9.99. The number of carbonyl (C=O) groups is 1. The molecule has 1 N–H and O–H groups in total. The number of thioether (sulfide) groups is 1. The smallest absolute Gasteiger partial charge is 0.223 e. The number of nitrogens with zero attached hydrogens (tertiary/aromatic N) is 2. The van der Waals surface area contributed by atoms with E-state index in [1.807, 2.05) is 30.3 Å². The summed E-state index contributed by atoms with van der Waals surface area (Å²) < 4.78 is 12.3. The summed E-state index contributed by atoms with van der Waals surface area (Å²) in [5, 5.41) is 3.26. The Morgan fingerprint density at radius 2 is 2.08 bits per heavy atom. The van der Waals surface area contributed by atoms with Gasteiger partial charge in [-0.05, 0) is 5.56 Å². The number of benzene rings is 1. The van der Waals surface area contributed by atoms with Crippen LogP contribution in [0.5, 0.6) is 0 Å². The summed E-state index contributed by atoms with van der Waals surface area (Å²) in [6.45, 7) is 2.39. The van der Waals surface area contributed by atoms with E-state index in [-0.39, 0.29) is 5.91 Å². The third-order valence-corrected chi connectivity index (χ3v) is 5.15. The number of anilines is 1. The summed E-state index contributed by atoms with van der Waals surface area (Å²) >= 11 is 2.99. The Morgan fingerprint density at radius 1 is 1.24 bits per heavy atom. The van der Waals surface area contributed by atoms with Gasteiger partial charge in [0.25, 0.3) is 0 Å². The molecule has 2 aromatic heterocycles. The Labute approximate surface area is 153 Å². The van der Waals surface area contributed by atoms with Crippen molar-refractivity contribution in [2.75, 3.05) is 5.32 Å². The highest BCUT2D eigenvalue weighted by Gasteiger charge is 2.08. The van der Waals surface area contributed by atoms with Crippen LogP contribution in [-0.4, -0.2) is 15.9 Å². The average Bonchev–Trinajstić information content (AvgIpc) is 3.23. The second kappa shape index (κ2) is 8.80. The third-order valence-electron chi connectivity index (χ3n) is 3.06. The molecule has 0 atom stereocenters. The van der Waals surface area contributed by atoms with Gasteiger partial charge in [0.15, 0.2) is 5.13 Å². The number of rotatable bonds is 8. The summed E-state index contributed by atoms with van der Waals surface area (Å²) in [4.78, 5) is 19.4. The largest absolute Gasteiger partial charge is 0.442 e. The van der Waals surface area contributed by atoms with Crippen LogP contribution in [0, 0.1) is 0 Å². The highest BCUT2D eigenvalue weighted by molar-refractivity contribution is 8.00. The second-order valence-corrected chi connectivity index (χ2v) is 7.46. The van der Waals surface area contributed by atoms with Crippen molar-refractivity contribution in [2.45, 2.75) is 30.1 Å². The minimum Gasteiger partial charge on any atom is -0.442 e. The van der Waals surface area contributed by atoms with E-state index in [0.717, 1.165) is 9.77 Å². The number of ether oxygens (including phenoxy) is 1. The summed E-state index contributed by atoms with van der Waals surface area (Å²) in [6.07, 6.45) is 3.42. The van der Waals surface area contributed by atoms with Crippen molar-refractivity contribution in [3.05, 3.63) is 59.9 Å². The van der Waals surface area contributed by atoms with Crippen molar-refractivity contribution >= 4 is 34.1 Å². The number of carbonyl (C=O) groups excluding carboxylic acids is 1. The van der Waals surface area contributed by atoms with Gasteiger partial charge in [-0.15, -0.1) is 11.8 Å². The lowest BCUT2D eigenvalue weighted by molar-refractivity contribution is -0.114. The molecule has 1 aromatic carbocycles. The topological polar surface area (TPSA) is 77.2 Å². The quantitative estimate of drug-likeness (QED) is 0.597. The molecular formula is C17H17N3O3S2. The van der Waals surface area contributed by atoms with E-state index < -0.39 is 0 Å². The first-order valence-electron chi connectivity index (χ1n) is 7.60. The lowest BCUT2D eigenvalue weighted by atomic mass is 10.2. The van der Waals surface area contributed by atoms with E-state index in [1.54, 1.807) is 24.2 Å². The summed E-state index contributed by atoms with van der Waals surface area (Å²) in [7, 11) is 0. The fourth-order valence-corrected chi connectivity index (χ4v) is 3.76. The molecule has 0 unspecified atom stereocenters. The summed E-state index contributed by atoms with van der Waals surface area (Å²) in [5.74, 6) is 1.81. The SMILES string of the molecule is CC(=O)Nc1ncc(SCc2ncc(COCc3ccccc3)o2)s1. The molecule has 3 rings (SSSR count). The van der Waals surface area contributed by atoms with Crippen molar-refractivity contribution in [3.8, 4) is 0 Å². The predicted molar refractivity (Wildman–Crippen MR) is 97.4 cm³/mol. The lowest BCUT2D eigenvalue weighted by Gasteiger charge is -2.01. The zero-order chi connectivity index (χ0) is 17.5. The molecule has 6 nitrogen and oxygen atoms in total. The number of hydrogen-bond donors (Lipinski definition) is 1. The maximum absolute atomic E-state index is 11.0. The molecular weight excluding hydrogens is 358 g/mol. The number of thiazole rings is 1. The average molecular weight is 375 g/mol. The second-order valence-electron chi connectivity index (χ2n) is 5.15. The highest BCUT2D eigenvalue weighted by atomic mass is 32.2. The van der Waals surface area contributed by atoms with Crippen LogP contribution in [0.1, 0.15) is 24.1 Å². The van der Waals surface area contributed by atoms with Crippen molar-refractivity contribution in [1.29, 1.82) is 0 Å². The molecule has 2 heterocycles. The lowest BCUT2D eigenvalue weighted by Crippen LogP contribution is -2.04. The minimum absolute atomic E-state index is 0.126. The van der Waals surface area contributed by atoms with Crippen molar-refractivity contribution in [2.24, 2.45) is 0 Å². The molecule has 1 amide bonds. The van der Waals surface area contributed by atoms with Gasteiger partial charge in [0.05, 0.1) is 29.0 Å². The fourth-order valence-electron chi connectivity index (χ4n) is 1.99. The van der Waals surface area contributed by atoms with Gasteiger partial charge >= 0.3 is 0 Å². The molecule has 0 bridgehead atoms. The van der Waals surface area contributed by atoms with Crippen LogP contribution >= 0.6 is 23.1 Å². The Hall–Kier alpha value is -2.16. The monoisotopic (exact) mass is 375 g/mol. The standard InChI is InChI=1S/C17H17N3O3S2/c1-12(21)20-17-19-8-16(25-17)24-11-15-18-7-14(23-15)10-22-9-13-5-3-2-4-6-13/h2-8H,9-11H2,1H3,(H,19,20,21). The number of nitrogens with one attached hydrogen (secondary N) is 1. The van der Waals surface area contributed by atoms with Gasteiger partial charge in [0.2, 0.25) is 11.8 Å². The Balaban J connectivity index is 1.43. The number of hydrogen-bond acceptors (Lipinski definition) is 7. The molecule has 3 aromatic rings. The van der Waals surface area contributed by atoms with Crippen LogP contribution in [-0.2, 0) is 28.5 Å². The first kappa shape index (κ1) is 17.7. The summed E-state index contributed by atoms with van der Waals surface area (Å²) in [5.41, 5.74) is 1.12. The maximum atomic E-state index is 11.0. The van der Waals surface area contributed by atoms with E-state index in [2.05, 4.69) is 15.3 Å². The molecule has 0 spiro atoms. The molecule has 0 fully saturated rings. The first-order valence-corrected chi connectivity index (χ1v) is 9.41. The Morgan fingerprint density at radius 3 is 2.88 bits per heavy atom. The van der Waals surface area contributed by atoms with E-state index in [4.69, 9.17) is 9.15 Å². The first-order chi connectivity index (χ1) is 12.2.